The maximum atomic E-state index is 11.5. The summed E-state index contributed by atoms with van der Waals surface area (Å²) in [7, 11) is 0. The highest BCUT2D eigenvalue weighted by Gasteiger charge is 2.09. The lowest BCUT2D eigenvalue weighted by atomic mass is 10.1. The second-order valence-electron chi connectivity index (χ2n) is 3.67. The number of esters is 1. The first-order valence-electron chi connectivity index (χ1n) is 5.33. The van der Waals surface area contributed by atoms with Crippen LogP contribution in [0.25, 0.3) is 6.08 Å². The first kappa shape index (κ1) is 13.4. The normalized spacial score (nSPS) is 13.2. The lowest BCUT2D eigenvalue weighted by Gasteiger charge is -2.08. The Labute approximate surface area is 100 Å². The van der Waals surface area contributed by atoms with Crippen molar-refractivity contribution in [1.29, 1.82) is 0 Å². The highest BCUT2D eigenvalue weighted by Crippen LogP contribution is 2.07. The molecule has 92 valence electrons. The van der Waals surface area contributed by atoms with Gasteiger partial charge in [-0.2, -0.15) is 0 Å². The molecule has 0 spiro atoms. The summed E-state index contributed by atoms with van der Waals surface area (Å²) in [6.45, 7) is 1.02. The monoisotopic (exact) mass is 236 g/mol. The Balaban J connectivity index is 2.55. The van der Waals surface area contributed by atoms with E-state index in [-0.39, 0.29) is 6.61 Å². The van der Waals surface area contributed by atoms with Crippen molar-refractivity contribution in [2.24, 2.45) is 0 Å². The van der Waals surface area contributed by atoms with Crippen molar-refractivity contribution in [3.63, 3.8) is 0 Å². The SMILES string of the molecule is C/C(=C\c1ccccc1)C(=O)OCC(O)CO. The molecule has 0 bridgehead atoms. The molecule has 0 amide bonds. The molecule has 1 atom stereocenters. The van der Waals surface area contributed by atoms with Crippen LogP contribution in [0.1, 0.15) is 12.5 Å². The molecule has 0 aliphatic heterocycles. The number of aliphatic hydroxyl groups excluding tert-OH is 2. The summed E-state index contributed by atoms with van der Waals surface area (Å²) in [6, 6.07) is 9.39. The fourth-order valence-electron chi connectivity index (χ4n) is 1.20. The van der Waals surface area contributed by atoms with Gasteiger partial charge in [-0.3, -0.25) is 0 Å². The van der Waals surface area contributed by atoms with E-state index >= 15 is 0 Å². The number of carbonyl (C=O) groups excluding carboxylic acids is 1. The lowest BCUT2D eigenvalue weighted by Crippen LogP contribution is -2.22. The molecule has 2 N–H and O–H groups in total. The number of hydrogen-bond acceptors (Lipinski definition) is 4. The maximum Gasteiger partial charge on any atom is 0.333 e. The second-order valence-corrected chi connectivity index (χ2v) is 3.67. The fourth-order valence-corrected chi connectivity index (χ4v) is 1.20. The first-order chi connectivity index (χ1) is 8.13. The van der Waals surface area contributed by atoms with Crippen LogP contribution in [0.3, 0.4) is 0 Å². The zero-order chi connectivity index (χ0) is 12.7. The number of benzene rings is 1. The molecule has 1 unspecified atom stereocenters. The van der Waals surface area contributed by atoms with Crippen molar-refractivity contribution in [2.45, 2.75) is 13.0 Å². The Morgan fingerprint density at radius 1 is 1.41 bits per heavy atom. The molecule has 0 heterocycles. The Morgan fingerprint density at radius 3 is 2.65 bits per heavy atom. The van der Waals surface area contributed by atoms with Crippen LogP contribution >= 0.6 is 0 Å². The molecular formula is C13H16O4. The van der Waals surface area contributed by atoms with Crippen molar-refractivity contribution in [2.75, 3.05) is 13.2 Å². The van der Waals surface area contributed by atoms with Gasteiger partial charge in [0.1, 0.15) is 12.7 Å². The summed E-state index contributed by atoms with van der Waals surface area (Å²) >= 11 is 0. The molecule has 1 aromatic carbocycles. The number of aliphatic hydroxyl groups is 2. The maximum absolute atomic E-state index is 11.5. The van der Waals surface area contributed by atoms with Gasteiger partial charge in [-0.1, -0.05) is 30.3 Å². The molecule has 17 heavy (non-hydrogen) atoms. The molecule has 0 saturated carbocycles. The molecule has 0 aromatic heterocycles. The number of carbonyl (C=O) groups is 1. The van der Waals surface area contributed by atoms with Crippen LogP contribution in [0.2, 0.25) is 0 Å². The molecule has 0 fully saturated rings. The van der Waals surface area contributed by atoms with E-state index in [0.29, 0.717) is 5.57 Å². The molecule has 4 heteroatoms. The summed E-state index contributed by atoms with van der Waals surface area (Å²) < 4.78 is 4.81. The van der Waals surface area contributed by atoms with Gasteiger partial charge in [-0.05, 0) is 18.6 Å². The summed E-state index contributed by atoms with van der Waals surface area (Å²) in [5, 5.41) is 17.6. The van der Waals surface area contributed by atoms with Crippen molar-refractivity contribution in [3.8, 4) is 0 Å². The lowest BCUT2D eigenvalue weighted by molar-refractivity contribution is -0.142. The van der Waals surface area contributed by atoms with Gasteiger partial charge in [0, 0.05) is 5.57 Å². The van der Waals surface area contributed by atoms with Gasteiger partial charge in [-0.15, -0.1) is 0 Å². The first-order valence-corrected chi connectivity index (χ1v) is 5.33. The smallest absolute Gasteiger partial charge is 0.333 e. The topological polar surface area (TPSA) is 66.8 Å². The minimum absolute atomic E-state index is 0.199. The van der Waals surface area contributed by atoms with E-state index in [1.165, 1.54) is 0 Å². The van der Waals surface area contributed by atoms with Crippen LogP contribution in [0.15, 0.2) is 35.9 Å². The van der Waals surface area contributed by atoms with Crippen LogP contribution in [0.5, 0.6) is 0 Å². The molecule has 0 aliphatic rings. The van der Waals surface area contributed by atoms with Gasteiger partial charge in [0.05, 0.1) is 6.61 Å². The second kappa shape index (κ2) is 6.83. The van der Waals surface area contributed by atoms with Gasteiger partial charge in [0.25, 0.3) is 0 Å². The van der Waals surface area contributed by atoms with E-state index in [4.69, 9.17) is 14.9 Å². The third kappa shape index (κ3) is 4.80. The van der Waals surface area contributed by atoms with Gasteiger partial charge in [0.2, 0.25) is 0 Å². The largest absolute Gasteiger partial charge is 0.459 e. The van der Waals surface area contributed by atoms with E-state index in [9.17, 15) is 4.79 Å². The highest BCUT2D eigenvalue weighted by molar-refractivity contribution is 5.92. The third-order valence-electron chi connectivity index (χ3n) is 2.12. The summed E-state index contributed by atoms with van der Waals surface area (Å²) in [6.07, 6.45) is 0.677. The number of ether oxygens (including phenoxy) is 1. The van der Waals surface area contributed by atoms with Crippen molar-refractivity contribution in [1.82, 2.24) is 0 Å². The van der Waals surface area contributed by atoms with Gasteiger partial charge < -0.3 is 14.9 Å². The van der Waals surface area contributed by atoms with E-state index in [1.54, 1.807) is 13.0 Å². The molecular weight excluding hydrogens is 220 g/mol. The van der Waals surface area contributed by atoms with Gasteiger partial charge >= 0.3 is 5.97 Å². The average molecular weight is 236 g/mol. The van der Waals surface area contributed by atoms with Crippen LogP contribution < -0.4 is 0 Å². The van der Waals surface area contributed by atoms with Crippen molar-refractivity contribution >= 4 is 12.0 Å². The summed E-state index contributed by atoms with van der Waals surface area (Å²) in [4.78, 5) is 11.5. The van der Waals surface area contributed by atoms with E-state index in [2.05, 4.69) is 0 Å². The van der Waals surface area contributed by atoms with Crippen molar-refractivity contribution < 1.29 is 19.7 Å². The molecule has 0 aliphatic carbocycles. The molecule has 0 radical (unpaired) electrons. The fraction of sp³-hybridized carbons (Fsp3) is 0.308. The van der Waals surface area contributed by atoms with Crippen LogP contribution in [-0.4, -0.2) is 35.5 Å². The third-order valence-corrected chi connectivity index (χ3v) is 2.12. The minimum Gasteiger partial charge on any atom is -0.459 e. The van der Waals surface area contributed by atoms with Crippen molar-refractivity contribution in [3.05, 3.63) is 41.5 Å². The van der Waals surface area contributed by atoms with E-state index in [0.717, 1.165) is 5.56 Å². The zero-order valence-electron chi connectivity index (χ0n) is 9.67. The van der Waals surface area contributed by atoms with Gasteiger partial charge in [0.15, 0.2) is 0 Å². The summed E-state index contributed by atoms with van der Waals surface area (Å²) in [5.41, 5.74) is 1.35. The molecule has 1 rings (SSSR count). The Bertz CT molecular complexity index is 384. The number of hydrogen-bond donors (Lipinski definition) is 2. The van der Waals surface area contributed by atoms with E-state index in [1.807, 2.05) is 30.3 Å². The quantitative estimate of drug-likeness (QED) is 0.591. The van der Waals surface area contributed by atoms with Crippen LogP contribution in [-0.2, 0) is 9.53 Å². The molecule has 1 aromatic rings. The zero-order valence-corrected chi connectivity index (χ0v) is 9.67. The average Bonchev–Trinajstić information content (AvgIpc) is 2.36. The predicted molar refractivity (Wildman–Crippen MR) is 64.1 cm³/mol. The summed E-state index contributed by atoms with van der Waals surface area (Å²) in [5.74, 6) is -0.499. The van der Waals surface area contributed by atoms with Crippen LogP contribution in [0.4, 0.5) is 0 Å². The molecule has 0 saturated heterocycles. The minimum atomic E-state index is -1.02. The van der Waals surface area contributed by atoms with E-state index < -0.39 is 18.7 Å². The standard InChI is InChI=1S/C13H16O4/c1-10(7-11-5-3-2-4-6-11)13(16)17-9-12(15)8-14/h2-7,12,14-15H,8-9H2,1H3/b10-7+. The van der Waals surface area contributed by atoms with Crippen LogP contribution in [0, 0.1) is 0 Å². The Kier molecular flexibility index (Phi) is 5.39. The Hall–Kier alpha value is -1.65. The van der Waals surface area contributed by atoms with Gasteiger partial charge in [-0.25, -0.2) is 4.79 Å². The predicted octanol–water partition coefficient (Wildman–Crippen LogP) is 0.986. The Morgan fingerprint density at radius 2 is 2.06 bits per heavy atom. The highest BCUT2D eigenvalue weighted by atomic mass is 16.5. The molecule has 4 nitrogen and oxygen atoms in total. The number of rotatable bonds is 5.